The SMILES string of the molecule is CC(N[C@@H](C)c1cccs1)c1cncc(F)c1. The topological polar surface area (TPSA) is 24.9 Å². The zero-order valence-corrected chi connectivity index (χ0v) is 10.7. The lowest BCUT2D eigenvalue weighted by Crippen LogP contribution is -2.22. The van der Waals surface area contributed by atoms with Crippen LogP contribution in [0.4, 0.5) is 4.39 Å². The van der Waals surface area contributed by atoms with Crippen LogP contribution in [0, 0.1) is 5.82 Å². The van der Waals surface area contributed by atoms with E-state index in [1.807, 2.05) is 13.0 Å². The lowest BCUT2D eigenvalue weighted by molar-refractivity contribution is 0.495. The molecule has 0 fully saturated rings. The summed E-state index contributed by atoms with van der Waals surface area (Å²) in [5.41, 5.74) is 0.869. The smallest absolute Gasteiger partial charge is 0.141 e. The molecule has 2 atom stereocenters. The van der Waals surface area contributed by atoms with Crippen LogP contribution in [-0.2, 0) is 0 Å². The number of aromatic nitrogens is 1. The summed E-state index contributed by atoms with van der Waals surface area (Å²) >= 11 is 1.72. The van der Waals surface area contributed by atoms with Gasteiger partial charge in [-0.05, 0) is 36.9 Å². The van der Waals surface area contributed by atoms with E-state index < -0.39 is 0 Å². The highest BCUT2D eigenvalue weighted by atomic mass is 32.1. The Labute approximate surface area is 105 Å². The number of nitrogens with one attached hydrogen (secondary N) is 1. The van der Waals surface area contributed by atoms with Crippen molar-refractivity contribution in [3.8, 4) is 0 Å². The maximum Gasteiger partial charge on any atom is 0.141 e. The van der Waals surface area contributed by atoms with Crippen LogP contribution in [0.1, 0.15) is 36.4 Å². The molecule has 0 saturated heterocycles. The summed E-state index contributed by atoms with van der Waals surface area (Å²) in [5.74, 6) is -0.292. The Kier molecular flexibility index (Phi) is 3.86. The van der Waals surface area contributed by atoms with Crippen molar-refractivity contribution in [3.05, 3.63) is 52.2 Å². The van der Waals surface area contributed by atoms with Crippen molar-refractivity contribution in [2.45, 2.75) is 25.9 Å². The van der Waals surface area contributed by atoms with Gasteiger partial charge in [0, 0.05) is 23.2 Å². The average molecular weight is 250 g/mol. The van der Waals surface area contributed by atoms with Gasteiger partial charge in [-0.3, -0.25) is 4.98 Å². The van der Waals surface area contributed by atoms with Gasteiger partial charge in [-0.15, -0.1) is 11.3 Å². The summed E-state index contributed by atoms with van der Waals surface area (Å²) in [6, 6.07) is 5.99. The molecule has 4 heteroatoms. The number of pyridine rings is 1. The minimum absolute atomic E-state index is 0.0790. The van der Waals surface area contributed by atoms with Crippen molar-refractivity contribution in [1.82, 2.24) is 10.3 Å². The van der Waals surface area contributed by atoms with Crippen molar-refractivity contribution in [2.75, 3.05) is 0 Å². The standard InChI is InChI=1S/C13H15FN2S/c1-9(11-6-12(14)8-15-7-11)16-10(2)13-4-3-5-17-13/h3-10,16H,1-2H3/t9?,10-/m0/s1. The molecule has 0 bridgehead atoms. The monoisotopic (exact) mass is 250 g/mol. The molecule has 2 rings (SSSR count). The van der Waals surface area contributed by atoms with E-state index in [1.54, 1.807) is 17.5 Å². The average Bonchev–Trinajstić information content (AvgIpc) is 2.82. The third-order valence-corrected chi connectivity index (χ3v) is 3.75. The van der Waals surface area contributed by atoms with Crippen LogP contribution in [0.15, 0.2) is 36.0 Å². The van der Waals surface area contributed by atoms with Crippen LogP contribution < -0.4 is 5.32 Å². The van der Waals surface area contributed by atoms with Gasteiger partial charge in [0.1, 0.15) is 5.82 Å². The maximum absolute atomic E-state index is 13.1. The number of thiophene rings is 1. The van der Waals surface area contributed by atoms with Gasteiger partial charge < -0.3 is 5.32 Å². The van der Waals surface area contributed by atoms with Gasteiger partial charge in [-0.2, -0.15) is 0 Å². The fourth-order valence-corrected chi connectivity index (χ4v) is 2.50. The Balaban J connectivity index is 2.04. The number of nitrogens with zero attached hydrogens (tertiary/aromatic N) is 1. The zero-order chi connectivity index (χ0) is 12.3. The van der Waals surface area contributed by atoms with Gasteiger partial charge in [-0.25, -0.2) is 4.39 Å². The van der Waals surface area contributed by atoms with E-state index in [9.17, 15) is 4.39 Å². The van der Waals surface area contributed by atoms with Gasteiger partial charge in [0.05, 0.1) is 6.20 Å². The predicted molar refractivity (Wildman–Crippen MR) is 68.5 cm³/mol. The number of hydrogen-bond acceptors (Lipinski definition) is 3. The first kappa shape index (κ1) is 12.2. The van der Waals surface area contributed by atoms with E-state index in [0.29, 0.717) is 0 Å². The largest absolute Gasteiger partial charge is 0.303 e. The maximum atomic E-state index is 13.1. The van der Waals surface area contributed by atoms with Gasteiger partial charge in [0.15, 0.2) is 0 Å². The second kappa shape index (κ2) is 5.38. The Morgan fingerprint density at radius 1 is 1.29 bits per heavy atom. The van der Waals surface area contributed by atoms with Crippen molar-refractivity contribution in [3.63, 3.8) is 0 Å². The predicted octanol–water partition coefficient (Wildman–Crippen LogP) is 3.69. The second-order valence-electron chi connectivity index (χ2n) is 4.06. The van der Waals surface area contributed by atoms with Gasteiger partial charge in [0.2, 0.25) is 0 Å². The van der Waals surface area contributed by atoms with Crippen molar-refractivity contribution < 1.29 is 4.39 Å². The molecule has 1 unspecified atom stereocenters. The van der Waals surface area contributed by atoms with Crippen LogP contribution in [0.3, 0.4) is 0 Å². The normalized spacial score (nSPS) is 14.5. The first-order valence-electron chi connectivity index (χ1n) is 5.56. The van der Waals surface area contributed by atoms with Crippen molar-refractivity contribution in [1.29, 1.82) is 0 Å². The van der Waals surface area contributed by atoms with Gasteiger partial charge in [-0.1, -0.05) is 6.07 Å². The quantitative estimate of drug-likeness (QED) is 0.895. The Morgan fingerprint density at radius 3 is 2.76 bits per heavy atom. The summed E-state index contributed by atoms with van der Waals surface area (Å²) in [7, 11) is 0. The Hall–Kier alpha value is -1.26. The lowest BCUT2D eigenvalue weighted by atomic mass is 10.1. The highest BCUT2D eigenvalue weighted by molar-refractivity contribution is 7.10. The summed E-state index contributed by atoms with van der Waals surface area (Å²) in [5, 5.41) is 5.49. The number of hydrogen-bond donors (Lipinski definition) is 1. The first-order chi connectivity index (χ1) is 8.16. The molecule has 0 radical (unpaired) electrons. The van der Waals surface area contributed by atoms with Gasteiger partial charge >= 0.3 is 0 Å². The molecular formula is C13H15FN2S. The highest BCUT2D eigenvalue weighted by Crippen LogP contribution is 2.22. The molecule has 1 N–H and O–H groups in total. The summed E-state index contributed by atoms with van der Waals surface area (Å²) < 4.78 is 13.1. The molecule has 0 saturated carbocycles. The molecule has 90 valence electrons. The molecule has 0 aliphatic rings. The van der Waals surface area contributed by atoms with E-state index in [4.69, 9.17) is 0 Å². The minimum Gasteiger partial charge on any atom is -0.303 e. The summed E-state index contributed by atoms with van der Waals surface area (Å²) in [4.78, 5) is 5.14. The van der Waals surface area contributed by atoms with E-state index in [0.717, 1.165) is 5.56 Å². The minimum atomic E-state index is -0.292. The molecule has 2 nitrogen and oxygen atoms in total. The molecule has 2 aromatic heterocycles. The zero-order valence-electron chi connectivity index (χ0n) is 9.85. The van der Waals surface area contributed by atoms with E-state index >= 15 is 0 Å². The second-order valence-corrected chi connectivity index (χ2v) is 5.04. The van der Waals surface area contributed by atoms with Gasteiger partial charge in [0.25, 0.3) is 0 Å². The van der Waals surface area contributed by atoms with Crippen LogP contribution in [-0.4, -0.2) is 4.98 Å². The van der Waals surface area contributed by atoms with Crippen molar-refractivity contribution in [2.24, 2.45) is 0 Å². The lowest BCUT2D eigenvalue weighted by Gasteiger charge is -2.19. The molecule has 0 spiro atoms. The van der Waals surface area contributed by atoms with Crippen LogP contribution in [0.5, 0.6) is 0 Å². The van der Waals surface area contributed by atoms with E-state index in [2.05, 4.69) is 28.7 Å². The highest BCUT2D eigenvalue weighted by Gasteiger charge is 2.12. The first-order valence-corrected chi connectivity index (χ1v) is 6.44. The number of halogens is 1. The van der Waals surface area contributed by atoms with Crippen LogP contribution in [0.25, 0.3) is 0 Å². The van der Waals surface area contributed by atoms with Crippen LogP contribution >= 0.6 is 11.3 Å². The molecule has 2 heterocycles. The molecule has 17 heavy (non-hydrogen) atoms. The molecule has 0 aliphatic carbocycles. The Morgan fingerprint density at radius 2 is 2.12 bits per heavy atom. The molecule has 0 aliphatic heterocycles. The third kappa shape index (κ3) is 3.11. The fourth-order valence-electron chi connectivity index (χ4n) is 1.76. The van der Waals surface area contributed by atoms with E-state index in [1.165, 1.54) is 17.1 Å². The summed E-state index contributed by atoms with van der Waals surface area (Å²) in [6.45, 7) is 4.12. The summed E-state index contributed by atoms with van der Waals surface area (Å²) in [6.07, 6.45) is 2.92. The van der Waals surface area contributed by atoms with Crippen molar-refractivity contribution >= 4 is 11.3 Å². The molecule has 2 aromatic rings. The van der Waals surface area contributed by atoms with Crippen LogP contribution in [0.2, 0.25) is 0 Å². The van der Waals surface area contributed by atoms with E-state index in [-0.39, 0.29) is 17.9 Å². The number of rotatable bonds is 4. The third-order valence-electron chi connectivity index (χ3n) is 2.70. The Bertz CT molecular complexity index is 470. The molecule has 0 amide bonds. The molecule has 0 aromatic carbocycles. The fraction of sp³-hybridized carbons (Fsp3) is 0.308. The molecular weight excluding hydrogens is 235 g/mol.